The summed E-state index contributed by atoms with van der Waals surface area (Å²) in [5, 5.41) is 89.8. The van der Waals surface area contributed by atoms with Crippen LogP contribution in [0.2, 0.25) is 0 Å². The van der Waals surface area contributed by atoms with E-state index in [0.29, 0.717) is 0 Å². The van der Waals surface area contributed by atoms with Crippen molar-refractivity contribution >= 4 is 17.7 Å². The first-order chi connectivity index (χ1) is 20.2. The van der Waals surface area contributed by atoms with Gasteiger partial charge in [-0.25, -0.2) is 0 Å². The van der Waals surface area contributed by atoms with Crippen LogP contribution in [0, 0.1) is 0 Å². The van der Waals surface area contributed by atoms with Crippen LogP contribution in [0.3, 0.4) is 0 Å². The molecular weight excluding hydrogens is 586 g/mol. The molecule has 0 aromatic heterocycles. The van der Waals surface area contributed by atoms with Gasteiger partial charge in [-0.05, 0) is 0 Å². The standard InChI is InChI=1S/C24H41N3O16/c1-7(30)25-13-19(36)16(33)10(4-28)41-23(13)39-6-12-18(35)21(15(22(38)40-12)27-9(3)32)43-24-14(26-8(2)31)20(37)17(34)11(5-29)42-24/h10-24,28-29,33-38H,4-6H2,1-3H3,(H,25,30)(H,26,31)(H,27,32)/t10-,11-,12-,13-,14-,15-,16-,17-,18-,19-,20-,21-,22-,23-,24+/m1/s1. The smallest absolute Gasteiger partial charge is 0.217 e. The monoisotopic (exact) mass is 627 g/mol. The largest absolute Gasteiger partial charge is 0.394 e. The second-order valence-corrected chi connectivity index (χ2v) is 10.6. The van der Waals surface area contributed by atoms with Crippen LogP contribution in [0.25, 0.3) is 0 Å². The molecule has 3 saturated heterocycles. The van der Waals surface area contributed by atoms with Crippen LogP contribution < -0.4 is 16.0 Å². The molecule has 11 N–H and O–H groups in total. The van der Waals surface area contributed by atoms with Crippen LogP contribution in [0.15, 0.2) is 0 Å². The van der Waals surface area contributed by atoms with Crippen molar-refractivity contribution in [3.8, 4) is 0 Å². The molecule has 0 bridgehead atoms. The summed E-state index contributed by atoms with van der Waals surface area (Å²) in [4.78, 5) is 35.4. The molecule has 248 valence electrons. The van der Waals surface area contributed by atoms with Crippen LogP contribution in [-0.4, -0.2) is 170 Å². The number of rotatable bonds is 10. The number of carbonyl (C=O) groups excluding carboxylic acids is 3. The molecule has 0 aromatic rings. The van der Waals surface area contributed by atoms with Crippen LogP contribution >= 0.6 is 0 Å². The zero-order chi connectivity index (χ0) is 32.2. The average Bonchev–Trinajstić information content (AvgIpc) is 2.93. The number of nitrogens with one attached hydrogen (secondary N) is 3. The normalized spacial score (nSPS) is 43.5. The van der Waals surface area contributed by atoms with Gasteiger partial charge < -0.3 is 80.5 Å². The quantitative estimate of drug-likeness (QED) is 0.107. The van der Waals surface area contributed by atoms with Crippen molar-refractivity contribution < 1.29 is 78.9 Å². The minimum atomic E-state index is -1.84. The van der Waals surface area contributed by atoms with Crippen LogP contribution in [0.5, 0.6) is 0 Å². The molecule has 3 rings (SSSR count). The van der Waals surface area contributed by atoms with E-state index in [2.05, 4.69) is 16.0 Å². The van der Waals surface area contributed by atoms with Gasteiger partial charge in [-0.3, -0.25) is 14.4 Å². The van der Waals surface area contributed by atoms with Gasteiger partial charge in [0.15, 0.2) is 18.9 Å². The Labute approximate surface area is 245 Å². The van der Waals surface area contributed by atoms with Crippen LogP contribution in [0.1, 0.15) is 20.8 Å². The van der Waals surface area contributed by atoms with E-state index in [4.69, 9.17) is 23.7 Å². The molecular formula is C24H41N3O16. The zero-order valence-corrected chi connectivity index (χ0v) is 23.6. The molecule has 0 saturated carbocycles. The minimum absolute atomic E-state index is 0.603. The van der Waals surface area contributed by atoms with Gasteiger partial charge in [-0.2, -0.15) is 0 Å². The van der Waals surface area contributed by atoms with E-state index in [1.807, 2.05) is 0 Å². The maximum absolute atomic E-state index is 11.9. The van der Waals surface area contributed by atoms with Gasteiger partial charge >= 0.3 is 0 Å². The van der Waals surface area contributed by atoms with Crippen molar-refractivity contribution in [2.45, 2.75) is 113 Å². The third kappa shape index (κ3) is 8.34. The molecule has 0 spiro atoms. The average molecular weight is 628 g/mol. The van der Waals surface area contributed by atoms with Crippen molar-refractivity contribution in [2.75, 3.05) is 19.8 Å². The van der Waals surface area contributed by atoms with Crippen molar-refractivity contribution in [3.05, 3.63) is 0 Å². The Kier molecular flexibility index (Phi) is 12.5. The summed E-state index contributed by atoms with van der Waals surface area (Å²) in [6, 6.07) is -4.19. The fraction of sp³-hybridized carbons (Fsp3) is 0.875. The van der Waals surface area contributed by atoms with Gasteiger partial charge in [-0.15, -0.1) is 0 Å². The molecule has 3 amide bonds. The fourth-order valence-electron chi connectivity index (χ4n) is 5.17. The first kappa shape index (κ1) is 35.4. The summed E-state index contributed by atoms with van der Waals surface area (Å²) in [5.41, 5.74) is 0. The Hall–Kier alpha value is -2.11. The molecule has 3 fully saturated rings. The van der Waals surface area contributed by atoms with Gasteiger partial charge in [0.25, 0.3) is 0 Å². The van der Waals surface area contributed by atoms with Crippen molar-refractivity contribution in [1.82, 2.24) is 16.0 Å². The lowest BCUT2D eigenvalue weighted by molar-refractivity contribution is -0.331. The molecule has 0 radical (unpaired) electrons. The van der Waals surface area contributed by atoms with E-state index in [1.54, 1.807) is 0 Å². The highest BCUT2D eigenvalue weighted by Crippen LogP contribution is 2.30. The molecule has 0 aromatic carbocycles. The Morgan fingerprint density at radius 3 is 1.51 bits per heavy atom. The predicted molar refractivity (Wildman–Crippen MR) is 136 cm³/mol. The van der Waals surface area contributed by atoms with E-state index >= 15 is 0 Å². The Balaban J connectivity index is 1.84. The lowest BCUT2D eigenvalue weighted by Crippen LogP contribution is -2.69. The summed E-state index contributed by atoms with van der Waals surface area (Å²) in [7, 11) is 0. The molecule has 3 aliphatic heterocycles. The second kappa shape index (κ2) is 15.3. The third-order valence-electron chi connectivity index (χ3n) is 7.28. The Bertz CT molecular complexity index is 962. The lowest BCUT2D eigenvalue weighted by Gasteiger charge is -2.48. The van der Waals surface area contributed by atoms with Crippen molar-refractivity contribution in [1.29, 1.82) is 0 Å². The highest BCUT2D eigenvalue weighted by Gasteiger charge is 2.52. The minimum Gasteiger partial charge on any atom is -0.394 e. The first-order valence-electron chi connectivity index (χ1n) is 13.5. The van der Waals surface area contributed by atoms with E-state index in [-0.39, 0.29) is 0 Å². The molecule has 15 atom stereocenters. The predicted octanol–water partition coefficient (Wildman–Crippen LogP) is -7.14. The molecule has 19 nitrogen and oxygen atoms in total. The van der Waals surface area contributed by atoms with Crippen molar-refractivity contribution in [2.24, 2.45) is 0 Å². The van der Waals surface area contributed by atoms with Crippen molar-refractivity contribution in [3.63, 3.8) is 0 Å². The highest BCUT2D eigenvalue weighted by atomic mass is 16.7. The van der Waals surface area contributed by atoms with Gasteiger partial charge in [0.1, 0.15) is 73.1 Å². The summed E-state index contributed by atoms with van der Waals surface area (Å²) < 4.78 is 28.0. The van der Waals surface area contributed by atoms with Crippen LogP contribution in [-0.2, 0) is 38.1 Å². The summed E-state index contributed by atoms with van der Waals surface area (Å²) in [5.74, 6) is -1.92. The highest BCUT2D eigenvalue weighted by molar-refractivity contribution is 5.74. The first-order valence-corrected chi connectivity index (χ1v) is 13.5. The molecule has 3 aliphatic rings. The lowest BCUT2D eigenvalue weighted by atomic mass is 9.94. The molecule has 43 heavy (non-hydrogen) atoms. The number of aliphatic hydroxyl groups is 8. The summed E-state index contributed by atoms with van der Waals surface area (Å²) >= 11 is 0. The zero-order valence-electron chi connectivity index (χ0n) is 23.6. The fourth-order valence-corrected chi connectivity index (χ4v) is 5.17. The number of carbonyl (C=O) groups is 3. The van der Waals surface area contributed by atoms with Crippen LogP contribution in [0.4, 0.5) is 0 Å². The number of hydrogen-bond acceptors (Lipinski definition) is 16. The number of ether oxygens (including phenoxy) is 5. The maximum Gasteiger partial charge on any atom is 0.217 e. The topological polar surface area (TPSA) is 295 Å². The molecule has 19 heteroatoms. The molecule has 0 unspecified atom stereocenters. The number of aliphatic hydroxyl groups excluding tert-OH is 8. The molecule has 0 aliphatic carbocycles. The van der Waals surface area contributed by atoms with E-state index in [9.17, 15) is 55.2 Å². The molecule has 3 heterocycles. The number of hydrogen-bond donors (Lipinski definition) is 11. The second-order valence-electron chi connectivity index (χ2n) is 10.6. The summed E-state index contributed by atoms with van der Waals surface area (Å²) in [6.07, 6.45) is -18.9. The van der Waals surface area contributed by atoms with E-state index in [0.717, 1.165) is 20.8 Å². The SMILES string of the molecule is CC(=O)N[C@@H]1[C@@H](O[C@@H]2O[C@H](CO)[C@@H](O)[C@H](O)[C@H]2NC(C)=O)[C@H](O)[C@@H](CO[C@@H]2O[C@H](CO)[C@@H](O)[C@H](O)[C@H]2NC(C)=O)O[C@H]1O. The Morgan fingerprint density at radius 1 is 0.605 bits per heavy atom. The maximum atomic E-state index is 11.9. The van der Waals surface area contributed by atoms with Gasteiger partial charge in [0.05, 0.1) is 19.8 Å². The summed E-state index contributed by atoms with van der Waals surface area (Å²) in [6.45, 7) is 1.29. The third-order valence-corrected chi connectivity index (χ3v) is 7.28. The van der Waals surface area contributed by atoms with E-state index < -0.39 is 129 Å². The van der Waals surface area contributed by atoms with Gasteiger partial charge in [0, 0.05) is 20.8 Å². The van der Waals surface area contributed by atoms with Gasteiger partial charge in [0.2, 0.25) is 17.7 Å². The number of amides is 3. The van der Waals surface area contributed by atoms with E-state index in [1.165, 1.54) is 0 Å². The van der Waals surface area contributed by atoms with Gasteiger partial charge in [-0.1, -0.05) is 0 Å². The Morgan fingerprint density at radius 2 is 1.05 bits per heavy atom.